The number of primary amides is 1. The highest BCUT2D eigenvalue weighted by molar-refractivity contribution is 5.95. The molecule has 1 saturated heterocycles. The van der Waals surface area contributed by atoms with Gasteiger partial charge in [-0.2, -0.15) is 0 Å². The van der Waals surface area contributed by atoms with E-state index in [1.807, 2.05) is 0 Å². The first-order valence-electron chi connectivity index (χ1n) is 10.3. The summed E-state index contributed by atoms with van der Waals surface area (Å²) < 4.78 is 0. The number of amides is 4. The molecule has 1 aliphatic rings. The second-order valence-corrected chi connectivity index (χ2v) is 7.90. The monoisotopic (exact) mass is 443 g/mol. The number of likely N-dealkylation sites (tertiary alicyclic amines) is 1. The third-order valence-corrected chi connectivity index (χ3v) is 5.42. The van der Waals surface area contributed by atoms with Gasteiger partial charge >= 0.3 is 5.97 Å². The van der Waals surface area contributed by atoms with E-state index in [2.05, 4.69) is 10.6 Å². The maximum absolute atomic E-state index is 12.8. The molecule has 0 spiro atoms. The Morgan fingerprint density at radius 1 is 1.13 bits per heavy atom. The van der Waals surface area contributed by atoms with Crippen molar-refractivity contribution in [1.29, 1.82) is 0 Å². The molecule has 12 heteroatoms. The lowest BCUT2D eigenvalue weighted by atomic mass is 9.98. The van der Waals surface area contributed by atoms with Gasteiger partial charge in [0, 0.05) is 6.54 Å². The second kappa shape index (κ2) is 11.6. The van der Waals surface area contributed by atoms with E-state index in [9.17, 15) is 34.2 Å². The molecule has 0 bridgehead atoms. The van der Waals surface area contributed by atoms with Crippen LogP contribution in [-0.4, -0.2) is 81.5 Å². The molecule has 0 aromatic heterocycles. The molecule has 0 aromatic rings. The zero-order valence-corrected chi connectivity index (χ0v) is 18.0. The first-order valence-corrected chi connectivity index (χ1v) is 10.3. The van der Waals surface area contributed by atoms with Crippen molar-refractivity contribution in [3.05, 3.63) is 0 Å². The number of carboxylic acids is 1. The number of nitrogens with one attached hydrogen (secondary N) is 2. The minimum absolute atomic E-state index is 0.240. The molecule has 6 atom stereocenters. The molecule has 176 valence electrons. The van der Waals surface area contributed by atoms with Crippen molar-refractivity contribution >= 4 is 29.6 Å². The van der Waals surface area contributed by atoms with Gasteiger partial charge in [-0.05, 0) is 25.7 Å². The number of aliphatic hydroxyl groups is 1. The number of carbonyl (C=O) groups excluding carboxylic acids is 4. The summed E-state index contributed by atoms with van der Waals surface area (Å²) in [5, 5.41) is 24.1. The lowest BCUT2D eigenvalue weighted by molar-refractivity contribution is -0.145. The maximum atomic E-state index is 12.8. The molecule has 12 nitrogen and oxygen atoms in total. The van der Waals surface area contributed by atoms with Crippen LogP contribution in [0.1, 0.15) is 46.5 Å². The number of aliphatic carboxylic acids is 1. The Hall–Kier alpha value is -2.73. The normalized spacial score (nSPS) is 20.8. The number of aliphatic hydroxyl groups excluding tert-OH is 1. The highest BCUT2D eigenvalue weighted by atomic mass is 16.4. The van der Waals surface area contributed by atoms with Crippen molar-refractivity contribution in [2.45, 2.75) is 76.7 Å². The highest BCUT2D eigenvalue weighted by Gasteiger charge is 2.39. The molecule has 1 fully saturated rings. The van der Waals surface area contributed by atoms with Crippen LogP contribution >= 0.6 is 0 Å². The van der Waals surface area contributed by atoms with Gasteiger partial charge in [-0.1, -0.05) is 20.3 Å². The van der Waals surface area contributed by atoms with E-state index in [-0.39, 0.29) is 18.9 Å². The van der Waals surface area contributed by atoms with E-state index in [1.165, 1.54) is 11.8 Å². The Kier molecular flexibility index (Phi) is 9.85. The van der Waals surface area contributed by atoms with Crippen molar-refractivity contribution in [2.24, 2.45) is 17.4 Å². The summed E-state index contributed by atoms with van der Waals surface area (Å²) in [7, 11) is 0. The predicted molar refractivity (Wildman–Crippen MR) is 109 cm³/mol. The minimum atomic E-state index is -1.42. The fourth-order valence-electron chi connectivity index (χ4n) is 3.40. The first kappa shape index (κ1) is 26.3. The van der Waals surface area contributed by atoms with Crippen molar-refractivity contribution in [3.63, 3.8) is 0 Å². The van der Waals surface area contributed by atoms with Crippen LogP contribution in [0, 0.1) is 5.92 Å². The third-order valence-electron chi connectivity index (χ3n) is 5.42. The van der Waals surface area contributed by atoms with Gasteiger partial charge in [0.25, 0.3) is 0 Å². The lowest BCUT2D eigenvalue weighted by Crippen LogP contribution is -2.60. The molecule has 0 saturated carbocycles. The van der Waals surface area contributed by atoms with Crippen LogP contribution < -0.4 is 22.1 Å². The fourth-order valence-corrected chi connectivity index (χ4v) is 3.40. The van der Waals surface area contributed by atoms with Crippen molar-refractivity contribution in [2.75, 3.05) is 6.54 Å². The summed E-state index contributed by atoms with van der Waals surface area (Å²) in [6.45, 7) is 4.95. The van der Waals surface area contributed by atoms with Crippen molar-refractivity contribution in [1.82, 2.24) is 15.5 Å². The van der Waals surface area contributed by atoms with Gasteiger partial charge in [-0.3, -0.25) is 19.2 Å². The van der Waals surface area contributed by atoms with Gasteiger partial charge in [0.2, 0.25) is 23.6 Å². The summed E-state index contributed by atoms with van der Waals surface area (Å²) >= 11 is 0. The van der Waals surface area contributed by atoms with Gasteiger partial charge < -0.3 is 37.2 Å². The molecule has 8 N–H and O–H groups in total. The van der Waals surface area contributed by atoms with E-state index < -0.39 is 59.9 Å². The second-order valence-electron chi connectivity index (χ2n) is 7.90. The number of nitrogens with two attached hydrogens (primary N) is 2. The Balaban J connectivity index is 2.91. The van der Waals surface area contributed by atoms with Crippen LogP contribution in [0.25, 0.3) is 0 Å². The van der Waals surface area contributed by atoms with Crippen LogP contribution in [-0.2, 0) is 24.0 Å². The van der Waals surface area contributed by atoms with Crippen molar-refractivity contribution < 1.29 is 34.2 Å². The van der Waals surface area contributed by atoms with Gasteiger partial charge in [0.15, 0.2) is 0 Å². The Morgan fingerprint density at radius 2 is 1.74 bits per heavy atom. The Bertz CT molecular complexity index is 699. The number of hydrogen-bond donors (Lipinski definition) is 6. The largest absolute Gasteiger partial charge is 0.480 e. The van der Waals surface area contributed by atoms with E-state index in [4.69, 9.17) is 11.5 Å². The standard InChI is InChI=1S/C19H33N5O7/c1-4-9(2)14(19(30)31)22-17(28)15(10(3)25)23-16(27)12-6-5-7-24(12)18(29)11(20)8-13(21)26/h9-12,14-15,25H,4-8,20H2,1-3H3,(H2,21,26)(H,22,28)(H,23,27)(H,30,31). The zero-order valence-electron chi connectivity index (χ0n) is 18.0. The summed E-state index contributed by atoms with van der Waals surface area (Å²) in [5.41, 5.74) is 10.8. The predicted octanol–water partition coefficient (Wildman–Crippen LogP) is -2.34. The summed E-state index contributed by atoms with van der Waals surface area (Å²) in [5.74, 6) is -4.50. The Labute approximate surface area is 180 Å². The van der Waals surface area contributed by atoms with Crippen LogP contribution in [0.2, 0.25) is 0 Å². The maximum Gasteiger partial charge on any atom is 0.326 e. The first-order chi connectivity index (χ1) is 14.4. The van der Waals surface area contributed by atoms with E-state index >= 15 is 0 Å². The molecule has 0 aliphatic carbocycles. The molecule has 0 radical (unpaired) electrons. The molecule has 0 aromatic carbocycles. The topological polar surface area (TPSA) is 205 Å². The van der Waals surface area contributed by atoms with Crippen molar-refractivity contribution in [3.8, 4) is 0 Å². The number of nitrogens with zero attached hydrogens (tertiary/aromatic N) is 1. The number of rotatable bonds is 11. The van der Waals surface area contributed by atoms with E-state index in [0.717, 1.165) is 0 Å². The Morgan fingerprint density at radius 3 is 2.23 bits per heavy atom. The molecule has 1 heterocycles. The third kappa shape index (κ3) is 7.17. The molecule has 1 aliphatic heterocycles. The average Bonchev–Trinajstić information content (AvgIpc) is 3.17. The molecular formula is C19H33N5O7. The zero-order chi connectivity index (χ0) is 23.9. The minimum Gasteiger partial charge on any atom is -0.480 e. The van der Waals surface area contributed by atoms with E-state index in [0.29, 0.717) is 19.3 Å². The summed E-state index contributed by atoms with van der Waals surface area (Å²) in [6, 6.07) is -4.74. The van der Waals surface area contributed by atoms with Gasteiger partial charge in [-0.25, -0.2) is 4.79 Å². The fraction of sp³-hybridized carbons (Fsp3) is 0.737. The SMILES string of the molecule is CCC(C)C(NC(=O)C(NC(=O)C1CCCN1C(=O)C(N)CC(N)=O)C(C)O)C(=O)O. The average molecular weight is 444 g/mol. The summed E-state index contributed by atoms with van der Waals surface area (Å²) in [4.78, 5) is 61.6. The smallest absolute Gasteiger partial charge is 0.326 e. The van der Waals surface area contributed by atoms with Gasteiger partial charge in [-0.15, -0.1) is 0 Å². The van der Waals surface area contributed by atoms with Crippen LogP contribution in [0.3, 0.4) is 0 Å². The number of hydrogen-bond acceptors (Lipinski definition) is 7. The quantitative estimate of drug-likeness (QED) is 0.203. The lowest BCUT2D eigenvalue weighted by Gasteiger charge is -2.29. The highest BCUT2D eigenvalue weighted by Crippen LogP contribution is 2.19. The number of carboxylic acid groups (broad SMARTS) is 1. The number of carbonyl (C=O) groups is 5. The molecule has 31 heavy (non-hydrogen) atoms. The summed E-state index contributed by atoms with van der Waals surface area (Å²) in [6.07, 6.45) is -0.381. The van der Waals surface area contributed by atoms with Crippen LogP contribution in [0.15, 0.2) is 0 Å². The van der Waals surface area contributed by atoms with E-state index in [1.54, 1.807) is 13.8 Å². The van der Waals surface area contributed by atoms with Crippen LogP contribution in [0.5, 0.6) is 0 Å². The molecular weight excluding hydrogens is 410 g/mol. The van der Waals surface area contributed by atoms with Crippen LogP contribution in [0.4, 0.5) is 0 Å². The molecule has 4 amide bonds. The molecule has 6 unspecified atom stereocenters. The van der Waals surface area contributed by atoms with Gasteiger partial charge in [0.05, 0.1) is 18.6 Å². The van der Waals surface area contributed by atoms with Gasteiger partial charge in [0.1, 0.15) is 18.1 Å². The molecule has 1 rings (SSSR count).